The zero-order chi connectivity index (χ0) is 23.7. The quantitative estimate of drug-likeness (QED) is 0.703. The van der Waals surface area contributed by atoms with Crippen LogP contribution >= 0.6 is 0 Å². The molecule has 2 aromatic carbocycles. The highest BCUT2D eigenvalue weighted by Gasteiger charge is 2.49. The first kappa shape index (κ1) is 23.3. The van der Waals surface area contributed by atoms with Crippen LogP contribution in [0.25, 0.3) is 0 Å². The summed E-state index contributed by atoms with van der Waals surface area (Å²) in [5.41, 5.74) is 1.48. The van der Waals surface area contributed by atoms with Crippen LogP contribution in [0.5, 0.6) is 5.75 Å². The fraction of sp³-hybridized carbons (Fsp3) is 0.400. The van der Waals surface area contributed by atoms with Crippen LogP contribution in [0.3, 0.4) is 0 Å². The third-order valence-corrected chi connectivity index (χ3v) is 5.88. The van der Waals surface area contributed by atoms with Gasteiger partial charge in [0.15, 0.2) is 0 Å². The Morgan fingerprint density at radius 2 is 1.78 bits per heavy atom. The molecule has 4 amide bonds. The monoisotopic (exact) mass is 437 g/mol. The second kappa shape index (κ2) is 8.65. The summed E-state index contributed by atoms with van der Waals surface area (Å²) in [6.07, 6.45) is 0. The van der Waals surface area contributed by atoms with Crippen LogP contribution in [0.15, 0.2) is 48.5 Å². The predicted molar refractivity (Wildman–Crippen MR) is 122 cm³/mol. The molecular weight excluding hydrogens is 406 g/mol. The molecule has 7 nitrogen and oxygen atoms in total. The minimum absolute atomic E-state index is 0.0197. The fourth-order valence-electron chi connectivity index (χ4n) is 3.73. The number of amides is 4. The lowest BCUT2D eigenvalue weighted by Gasteiger charge is -2.25. The molecule has 32 heavy (non-hydrogen) atoms. The van der Waals surface area contributed by atoms with Crippen molar-refractivity contribution in [3.8, 4) is 5.75 Å². The van der Waals surface area contributed by atoms with Gasteiger partial charge in [0.05, 0.1) is 7.11 Å². The highest BCUT2D eigenvalue weighted by atomic mass is 16.5. The molecule has 0 bridgehead atoms. The van der Waals surface area contributed by atoms with Gasteiger partial charge in [-0.3, -0.25) is 14.5 Å². The SMILES string of the molecule is COc1cccc(CN(C)C(=O)CN2C(=O)NC(C)(c3ccc(C(C)(C)C)cc3)C2=O)c1. The number of nitrogens with one attached hydrogen (secondary N) is 1. The Hall–Kier alpha value is -3.35. The van der Waals surface area contributed by atoms with Crippen LogP contribution in [-0.2, 0) is 27.1 Å². The molecular formula is C25H31N3O4. The normalized spacial score (nSPS) is 18.5. The molecule has 0 spiro atoms. The van der Waals surface area contributed by atoms with Gasteiger partial charge < -0.3 is 15.0 Å². The highest BCUT2D eigenvalue weighted by Crippen LogP contribution is 2.31. The van der Waals surface area contributed by atoms with Gasteiger partial charge in [-0.1, -0.05) is 57.2 Å². The van der Waals surface area contributed by atoms with Crippen molar-refractivity contribution in [1.82, 2.24) is 15.1 Å². The molecule has 1 N–H and O–H groups in total. The molecule has 1 atom stereocenters. The molecule has 3 rings (SSSR count). The number of nitrogens with zero attached hydrogens (tertiary/aromatic N) is 2. The summed E-state index contributed by atoms with van der Waals surface area (Å²) in [6, 6.07) is 14.5. The lowest BCUT2D eigenvalue weighted by molar-refractivity contribution is -0.138. The minimum Gasteiger partial charge on any atom is -0.497 e. The number of carbonyl (C=O) groups is 3. The van der Waals surface area contributed by atoms with Crippen molar-refractivity contribution in [2.75, 3.05) is 20.7 Å². The molecule has 1 unspecified atom stereocenters. The van der Waals surface area contributed by atoms with E-state index in [1.165, 1.54) is 4.90 Å². The third kappa shape index (κ3) is 4.61. The van der Waals surface area contributed by atoms with Gasteiger partial charge in [0.2, 0.25) is 5.91 Å². The number of ether oxygens (including phenoxy) is 1. The molecule has 0 aromatic heterocycles. The van der Waals surface area contributed by atoms with Crippen molar-refractivity contribution in [2.45, 2.75) is 45.2 Å². The molecule has 1 heterocycles. The fourth-order valence-corrected chi connectivity index (χ4v) is 3.73. The smallest absolute Gasteiger partial charge is 0.325 e. The first-order chi connectivity index (χ1) is 15.0. The maximum atomic E-state index is 13.2. The van der Waals surface area contributed by atoms with E-state index in [9.17, 15) is 14.4 Å². The number of hydrogen-bond acceptors (Lipinski definition) is 4. The minimum atomic E-state index is -1.21. The number of benzene rings is 2. The maximum Gasteiger partial charge on any atom is 0.325 e. The van der Waals surface area contributed by atoms with E-state index >= 15 is 0 Å². The largest absolute Gasteiger partial charge is 0.497 e. The Morgan fingerprint density at radius 3 is 2.38 bits per heavy atom. The van der Waals surface area contributed by atoms with Gasteiger partial charge in [-0.15, -0.1) is 0 Å². The number of rotatable bonds is 6. The van der Waals surface area contributed by atoms with Crippen molar-refractivity contribution in [3.63, 3.8) is 0 Å². The summed E-state index contributed by atoms with van der Waals surface area (Å²) >= 11 is 0. The Kier molecular flexibility index (Phi) is 6.30. The van der Waals surface area contributed by atoms with E-state index < -0.39 is 17.5 Å². The zero-order valence-corrected chi connectivity index (χ0v) is 19.6. The van der Waals surface area contributed by atoms with Crippen molar-refractivity contribution < 1.29 is 19.1 Å². The first-order valence-corrected chi connectivity index (χ1v) is 10.6. The summed E-state index contributed by atoms with van der Waals surface area (Å²) in [5, 5.41) is 2.76. The first-order valence-electron chi connectivity index (χ1n) is 10.6. The van der Waals surface area contributed by atoms with Crippen LogP contribution in [0.1, 0.15) is 44.4 Å². The summed E-state index contributed by atoms with van der Waals surface area (Å²) in [4.78, 5) is 41.0. The Balaban J connectivity index is 1.71. The maximum absolute atomic E-state index is 13.2. The number of methoxy groups -OCH3 is 1. The molecule has 7 heteroatoms. The summed E-state index contributed by atoms with van der Waals surface area (Å²) in [6.45, 7) is 8.03. The molecule has 2 aromatic rings. The molecule has 1 fully saturated rings. The second-order valence-corrected chi connectivity index (χ2v) is 9.38. The van der Waals surface area contributed by atoms with Crippen molar-refractivity contribution >= 4 is 17.8 Å². The van der Waals surface area contributed by atoms with Gasteiger partial charge in [-0.2, -0.15) is 0 Å². The average Bonchev–Trinajstić information content (AvgIpc) is 2.97. The van der Waals surface area contributed by atoms with E-state index in [4.69, 9.17) is 4.74 Å². The summed E-state index contributed by atoms with van der Waals surface area (Å²) < 4.78 is 5.21. The topological polar surface area (TPSA) is 79.0 Å². The van der Waals surface area contributed by atoms with Crippen LogP contribution in [0, 0.1) is 0 Å². The molecule has 0 saturated carbocycles. The lowest BCUT2D eigenvalue weighted by atomic mass is 9.84. The van der Waals surface area contributed by atoms with E-state index in [1.54, 1.807) is 21.1 Å². The van der Waals surface area contributed by atoms with Crippen LogP contribution in [-0.4, -0.2) is 48.3 Å². The van der Waals surface area contributed by atoms with Crippen molar-refractivity contribution in [1.29, 1.82) is 0 Å². The highest BCUT2D eigenvalue weighted by molar-refractivity contribution is 6.09. The molecule has 1 aliphatic heterocycles. The number of carbonyl (C=O) groups excluding carboxylic acids is 3. The predicted octanol–water partition coefficient (Wildman–Crippen LogP) is 3.42. The second-order valence-electron chi connectivity index (χ2n) is 9.38. The van der Waals surface area contributed by atoms with Gasteiger partial charge in [0, 0.05) is 13.6 Å². The third-order valence-electron chi connectivity index (χ3n) is 5.88. The van der Waals surface area contributed by atoms with Gasteiger partial charge in [-0.25, -0.2) is 4.79 Å². The van der Waals surface area contributed by atoms with Gasteiger partial charge in [-0.05, 0) is 41.2 Å². The molecule has 1 aliphatic rings. The van der Waals surface area contributed by atoms with E-state index in [2.05, 4.69) is 26.1 Å². The number of likely N-dealkylation sites (N-methyl/N-ethyl adjacent to an activating group) is 1. The van der Waals surface area contributed by atoms with Crippen LogP contribution < -0.4 is 10.1 Å². The number of imide groups is 1. The number of urea groups is 1. The van der Waals surface area contributed by atoms with Gasteiger partial charge in [0.25, 0.3) is 5.91 Å². The van der Waals surface area contributed by atoms with Crippen molar-refractivity contribution in [3.05, 3.63) is 65.2 Å². The lowest BCUT2D eigenvalue weighted by Crippen LogP contribution is -2.43. The number of hydrogen-bond donors (Lipinski definition) is 1. The summed E-state index contributed by atoms with van der Waals surface area (Å²) in [5.74, 6) is -0.0662. The Labute approximate surface area is 189 Å². The molecule has 1 saturated heterocycles. The van der Waals surface area contributed by atoms with Gasteiger partial charge in [0.1, 0.15) is 17.8 Å². The van der Waals surface area contributed by atoms with Gasteiger partial charge >= 0.3 is 6.03 Å². The van der Waals surface area contributed by atoms with Crippen LogP contribution in [0.4, 0.5) is 4.79 Å². The zero-order valence-electron chi connectivity index (χ0n) is 19.6. The Morgan fingerprint density at radius 1 is 1.12 bits per heavy atom. The van der Waals surface area contributed by atoms with E-state index in [0.29, 0.717) is 17.9 Å². The van der Waals surface area contributed by atoms with Crippen LogP contribution in [0.2, 0.25) is 0 Å². The average molecular weight is 438 g/mol. The van der Waals surface area contributed by atoms with E-state index in [-0.39, 0.29) is 17.9 Å². The molecule has 170 valence electrons. The Bertz CT molecular complexity index is 1030. The van der Waals surface area contributed by atoms with Crippen molar-refractivity contribution in [2.24, 2.45) is 0 Å². The molecule has 0 aliphatic carbocycles. The summed E-state index contributed by atoms with van der Waals surface area (Å²) in [7, 11) is 3.23. The van der Waals surface area contributed by atoms with E-state index in [0.717, 1.165) is 16.0 Å². The molecule has 0 radical (unpaired) electrons. The van der Waals surface area contributed by atoms with E-state index in [1.807, 2.05) is 48.5 Å². The standard InChI is InChI=1S/C25H31N3O4/c1-24(2,3)18-10-12-19(13-11-18)25(4)22(30)28(23(31)26-25)16-21(29)27(5)15-17-8-7-9-20(14-17)32-6/h7-14H,15-16H2,1-6H3,(H,26,31).